The molecule has 0 saturated heterocycles. The minimum Gasteiger partial charge on any atom is -0.0654 e. The standard InChI is InChI=1S/3C7H16/c1-5-7(4)6(2)3;1-4-5-6-7(2)3;1-4-6-7(3)5-2/h6-7H,5H2,1-4H3;2*7H,4-6H2,1-3H3. The van der Waals surface area contributed by atoms with E-state index in [0.717, 1.165) is 23.7 Å². The van der Waals surface area contributed by atoms with Gasteiger partial charge in [-0.15, -0.1) is 0 Å². The normalized spacial score (nSPS) is 13.1. The minimum absolute atomic E-state index is 0.866. The maximum atomic E-state index is 2.31. The third kappa shape index (κ3) is 28.8. The van der Waals surface area contributed by atoms with Crippen LogP contribution in [0.3, 0.4) is 0 Å². The largest absolute Gasteiger partial charge is 0.0654 e. The summed E-state index contributed by atoms with van der Waals surface area (Å²) >= 11 is 0. The molecule has 0 bridgehead atoms. The smallest absolute Gasteiger partial charge is 0.0422 e. The van der Waals surface area contributed by atoms with Crippen molar-refractivity contribution in [1.82, 2.24) is 0 Å². The predicted molar refractivity (Wildman–Crippen MR) is 103 cm³/mol. The van der Waals surface area contributed by atoms with Crippen molar-refractivity contribution in [3.05, 3.63) is 0 Å². The van der Waals surface area contributed by atoms with Gasteiger partial charge in [0.15, 0.2) is 0 Å². The van der Waals surface area contributed by atoms with Crippen LogP contribution in [0.4, 0.5) is 0 Å². The molecule has 2 atom stereocenters. The molecule has 0 aliphatic heterocycles. The van der Waals surface area contributed by atoms with E-state index >= 15 is 0 Å². The fourth-order valence-electron chi connectivity index (χ4n) is 1.78. The Balaban J connectivity index is -0.000000231. The van der Waals surface area contributed by atoms with Crippen LogP contribution < -0.4 is 0 Å². The van der Waals surface area contributed by atoms with Gasteiger partial charge in [0.2, 0.25) is 0 Å². The molecule has 0 heterocycles. The zero-order chi connectivity index (χ0) is 17.3. The van der Waals surface area contributed by atoms with Crippen LogP contribution in [0.5, 0.6) is 0 Å². The summed E-state index contributed by atoms with van der Waals surface area (Å²) in [6.45, 7) is 22.7. The second kappa shape index (κ2) is 20.0. The van der Waals surface area contributed by atoms with Crippen LogP contribution in [0.15, 0.2) is 0 Å². The summed E-state index contributed by atoms with van der Waals surface area (Å²) in [5, 5.41) is 0. The molecule has 0 aromatic carbocycles. The van der Waals surface area contributed by atoms with Crippen LogP contribution in [0.25, 0.3) is 0 Å². The average molecular weight is 301 g/mol. The molecule has 0 aromatic rings. The fourth-order valence-corrected chi connectivity index (χ4v) is 1.78. The molecule has 132 valence electrons. The second-order valence-corrected chi connectivity index (χ2v) is 7.47. The zero-order valence-corrected chi connectivity index (χ0v) is 17.3. The number of rotatable bonds is 8. The highest BCUT2D eigenvalue weighted by Gasteiger charge is 2.01. The van der Waals surface area contributed by atoms with Gasteiger partial charge in [0, 0.05) is 0 Å². The quantitative estimate of drug-likeness (QED) is 0.422. The van der Waals surface area contributed by atoms with Crippen molar-refractivity contribution in [3.63, 3.8) is 0 Å². The summed E-state index contributed by atoms with van der Waals surface area (Å²) in [4.78, 5) is 0. The lowest BCUT2D eigenvalue weighted by Gasteiger charge is -2.10. The molecular weight excluding hydrogens is 252 g/mol. The van der Waals surface area contributed by atoms with Gasteiger partial charge in [0.25, 0.3) is 0 Å². The summed E-state index contributed by atoms with van der Waals surface area (Å²) in [6.07, 6.45) is 9.54. The number of unbranched alkanes of at least 4 members (excludes halogenated alkanes) is 1. The molecule has 0 aliphatic rings. The van der Waals surface area contributed by atoms with E-state index in [1.54, 1.807) is 0 Å². The van der Waals surface area contributed by atoms with E-state index < -0.39 is 0 Å². The lowest BCUT2D eigenvalue weighted by molar-refractivity contribution is 0.407. The topological polar surface area (TPSA) is 0 Å². The molecular formula is C21H48. The summed E-state index contributed by atoms with van der Waals surface area (Å²) in [5.74, 6) is 3.62. The van der Waals surface area contributed by atoms with Crippen LogP contribution in [-0.4, -0.2) is 0 Å². The highest BCUT2D eigenvalue weighted by Crippen LogP contribution is 2.11. The van der Waals surface area contributed by atoms with Crippen LogP contribution in [0.2, 0.25) is 0 Å². The van der Waals surface area contributed by atoms with Crippen molar-refractivity contribution in [1.29, 1.82) is 0 Å². The van der Waals surface area contributed by atoms with E-state index in [4.69, 9.17) is 0 Å². The summed E-state index contributed by atoms with van der Waals surface area (Å²) in [6, 6.07) is 0. The van der Waals surface area contributed by atoms with Crippen molar-refractivity contribution < 1.29 is 0 Å². The average Bonchev–Trinajstić information content (AvgIpc) is 2.45. The molecule has 0 saturated carbocycles. The van der Waals surface area contributed by atoms with Crippen molar-refractivity contribution in [2.24, 2.45) is 23.7 Å². The summed E-state index contributed by atoms with van der Waals surface area (Å²) in [7, 11) is 0. The Hall–Kier alpha value is 0. The molecule has 0 fully saturated rings. The first kappa shape index (κ1) is 25.9. The van der Waals surface area contributed by atoms with Crippen molar-refractivity contribution in [2.75, 3.05) is 0 Å². The van der Waals surface area contributed by atoms with Gasteiger partial charge < -0.3 is 0 Å². The van der Waals surface area contributed by atoms with Gasteiger partial charge in [-0.25, -0.2) is 0 Å². The van der Waals surface area contributed by atoms with E-state index in [2.05, 4.69) is 69.2 Å². The molecule has 21 heavy (non-hydrogen) atoms. The Bertz CT molecular complexity index is 157. The van der Waals surface area contributed by atoms with Gasteiger partial charge in [-0.1, -0.05) is 114 Å². The molecule has 0 amide bonds. The summed E-state index contributed by atoms with van der Waals surface area (Å²) < 4.78 is 0. The molecule has 0 aromatic heterocycles. The Kier molecular flexibility index (Phi) is 24.7. The van der Waals surface area contributed by atoms with Crippen molar-refractivity contribution >= 4 is 0 Å². The van der Waals surface area contributed by atoms with Crippen LogP contribution >= 0.6 is 0 Å². The zero-order valence-electron chi connectivity index (χ0n) is 17.3. The van der Waals surface area contributed by atoms with E-state index in [-0.39, 0.29) is 0 Å². The maximum Gasteiger partial charge on any atom is -0.0422 e. The maximum absolute atomic E-state index is 2.31. The highest BCUT2D eigenvalue weighted by atomic mass is 14.1. The van der Waals surface area contributed by atoms with Gasteiger partial charge in [-0.05, 0) is 23.7 Å². The Morgan fingerprint density at radius 1 is 0.619 bits per heavy atom. The van der Waals surface area contributed by atoms with E-state index in [1.807, 2.05) is 0 Å². The molecule has 0 spiro atoms. The minimum atomic E-state index is 0.866. The Morgan fingerprint density at radius 3 is 1.24 bits per heavy atom. The Labute approximate surface area is 138 Å². The van der Waals surface area contributed by atoms with Crippen LogP contribution in [0.1, 0.15) is 114 Å². The SMILES string of the molecule is CCC(C)C(C)C.CCCC(C)CC.CCCCC(C)C. The lowest BCUT2D eigenvalue weighted by atomic mass is 9.96. The first-order valence-corrected chi connectivity index (χ1v) is 9.76. The lowest BCUT2D eigenvalue weighted by Crippen LogP contribution is -2.00. The van der Waals surface area contributed by atoms with Crippen molar-refractivity contribution in [2.45, 2.75) is 114 Å². The van der Waals surface area contributed by atoms with Crippen LogP contribution in [0, 0.1) is 23.7 Å². The van der Waals surface area contributed by atoms with Gasteiger partial charge in [-0.2, -0.15) is 0 Å². The predicted octanol–water partition coefficient (Wildman–Crippen LogP) is 8.35. The molecule has 0 aliphatic carbocycles. The van der Waals surface area contributed by atoms with Gasteiger partial charge in [-0.3, -0.25) is 0 Å². The third-order valence-electron chi connectivity index (χ3n) is 4.40. The monoisotopic (exact) mass is 300 g/mol. The van der Waals surface area contributed by atoms with Gasteiger partial charge >= 0.3 is 0 Å². The Morgan fingerprint density at radius 2 is 1.14 bits per heavy atom. The first-order chi connectivity index (χ1) is 9.76. The first-order valence-electron chi connectivity index (χ1n) is 9.76. The number of hydrogen-bond acceptors (Lipinski definition) is 0. The molecule has 0 heteroatoms. The molecule has 0 N–H and O–H groups in total. The molecule has 0 rings (SSSR count). The summed E-state index contributed by atoms with van der Waals surface area (Å²) in [5.41, 5.74) is 0. The van der Waals surface area contributed by atoms with E-state index in [9.17, 15) is 0 Å². The fraction of sp³-hybridized carbons (Fsp3) is 1.00. The highest BCUT2D eigenvalue weighted by molar-refractivity contribution is 4.52. The molecule has 0 nitrogen and oxygen atoms in total. The number of hydrogen-bond donors (Lipinski definition) is 0. The third-order valence-corrected chi connectivity index (χ3v) is 4.40. The van der Waals surface area contributed by atoms with Gasteiger partial charge in [0.05, 0.1) is 0 Å². The van der Waals surface area contributed by atoms with Crippen LogP contribution in [-0.2, 0) is 0 Å². The van der Waals surface area contributed by atoms with E-state index in [1.165, 1.54) is 44.9 Å². The molecule has 2 unspecified atom stereocenters. The molecule has 0 radical (unpaired) electrons. The van der Waals surface area contributed by atoms with Crippen molar-refractivity contribution in [3.8, 4) is 0 Å². The van der Waals surface area contributed by atoms with Gasteiger partial charge in [0.1, 0.15) is 0 Å². The van der Waals surface area contributed by atoms with E-state index in [0.29, 0.717) is 0 Å². The second-order valence-electron chi connectivity index (χ2n) is 7.47.